The van der Waals surface area contributed by atoms with Crippen molar-refractivity contribution in [1.29, 1.82) is 0 Å². The van der Waals surface area contributed by atoms with Crippen LogP contribution in [0.4, 0.5) is 14.6 Å². The Labute approximate surface area is 128 Å². The number of rotatable bonds is 5. The number of carbonyl (C=O) groups excluding carboxylic acids is 1. The molecule has 0 saturated carbocycles. The molecule has 2 aromatic heterocycles. The van der Waals surface area contributed by atoms with Crippen LogP contribution in [0.15, 0.2) is 30.7 Å². The lowest BCUT2D eigenvalue weighted by Gasteiger charge is -2.08. The van der Waals surface area contributed by atoms with E-state index >= 15 is 0 Å². The highest BCUT2D eigenvalue weighted by atomic mass is 79.9. The van der Waals surface area contributed by atoms with Crippen molar-refractivity contribution in [3.05, 3.63) is 36.4 Å². The van der Waals surface area contributed by atoms with Crippen molar-refractivity contribution in [1.82, 2.24) is 15.0 Å². The fourth-order valence-corrected chi connectivity index (χ4v) is 1.60. The number of ketones is 1. The average Bonchev–Trinajstić information content (AvgIpc) is 2.45. The maximum Gasteiger partial charge on any atom is 0.360 e. The first kappa shape index (κ1) is 15.4. The van der Waals surface area contributed by atoms with E-state index in [4.69, 9.17) is 0 Å². The van der Waals surface area contributed by atoms with Crippen LogP contribution >= 0.6 is 15.9 Å². The van der Waals surface area contributed by atoms with Crippen LogP contribution in [0.3, 0.4) is 0 Å². The first-order valence-corrected chi connectivity index (χ1v) is 6.74. The van der Waals surface area contributed by atoms with Crippen LogP contribution in [0.25, 0.3) is 11.3 Å². The number of alkyl halides is 3. The predicted octanol–water partition coefficient (Wildman–Crippen LogP) is 2.82. The van der Waals surface area contributed by atoms with E-state index < -0.39 is 17.2 Å². The van der Waals surface area contributed by atoms with Gasteiger partial charge in [-0.3, -0.25) is 14.8 Å². The fraction of sp³-hybridized carbons (Fsp3) is 0.231. The summed E-state index contributed by atoms with van der Waals surface area (Å²) in [6, 6.07) is 3.70. The Kier molecular flexibility index (Phi) is 4.56. The van der Waals surface area contributed by atoms with Crippen molar-refractivity contribution >= 4 is 27.5 Å². The van der Waals surface area contributed by atoms with Crippen LogP contribution in [0, 0.1) is 6.92 Å². The molecule has 0 amide bonds. The van der Waals surface area contributed by atoms with Gasteiger partial charge in [-0.1, -0.05) is 0 Å². The van der Waals surface area contributed by atoms with Crippen LogP contribution in [-0.2, 0) is 4.79 Å². The molecule has 0 aromatic carbocycles. The van der Waals surface area contributed by atoms with E-state index in [1.807, 2.05) is 35.0 Å². The highest BCUT2D eigenvalue weighted by Crippen LogP contribution is 2.22. The zero-order chi connectivity index (χ0) is 15.5. The minimum Gasteiger partial charge on any atom is -0.361 e. The van der Waals surface area contributed by atoms with Crippen molar-refractivity contribution < 1.29 is 13.6 Å². The molecule has 2 aromatic rings. The van der Waals surface area contributed by atoms with Gasteiger partial charge in [0.05, 0.1) is 24.6 Å². The monoisotopic (exact) mass is 356 g/mol. The van der Waals surface area contributed by atoms with Crippen LogP contribution in [-0.4, -0.2) is 32.1 Å². The van der Waals surface area contributed by atoms with E-state index in [1.165, 1.54) is 12.4 Å². The Morgan fingerprint density at radius 1 is 1.24 bits per heavy atom. The summed E-state index contributed by atoms with van der Waals surface area (Å²) in [4.78, 5) is 19.8. The van der Waals surface area contributed by atoms with Gasteiger partial charge in [0.15, 0.2) is 0 Å². The highest BCUT2D eigenvalue weighted by molar-refractivity contribution is 9.10. The minimum absolute atomic E-state index is 0.240. The number of nitrogens with one attached hydrogen (secondary N) is 1. The smallest absolute Gasteiger partial charge is 0.360 e. The Morgan fingerprint density at radius 3 is 2.52 bits per heavy atom. The molecule has 0 aliphatic heterocycles. The van der Waals surface area contributed by atoms with Crippen molar-refractivity contribution in [2.75, 3.05) is 11.9 Å². The Hall–Kier alpha value is -1.96. The molecule has 0 saturated heterocycles. The maximum absolute atomic E-state index is 12.6. The Bertz CT molecular complexity index is 626. The molecule has 5 nitrogen and oxygen atoms in total. The van der Waals surface area contributed by atoms with Gasteiger partial charge in [0.1, 0.15) is 5.82 Å². The molecule has 1 N–H and O–H groups in total. The second-order valence-electron chi connectivity index (χ2n) is 4.25. The number of aryl methyl sites for hydroxylation is 1. The SMILES string of the molecule is Cc1ccc(-c2cnc(NCC(=O)C(F)(F)Br)cn2)cn1. The van der Waals surface area contributed by atoms with E-state index in [-0.39, 0.29) is 5.82 Å². The number of pyridine rings is 1. The van der Waals surface area contributed by atoms with E-state index in [2.05, 4.69) is 20.3 Å². The lowest BCUT2D eigenvalue weighted by molar-refractivity contribution is -0.130. The van der Waals surface area contributed by atoms with Gasteiger partial charge in [-0.05, 0) is 35.0 Å². The molecule has 0 fully saturated rings. The highest BCUT2D eigenvalue weighted by Gasteiger charge is 2.34. The molecule has 110 valence electrons. The fourth-order valence-electron chi connectivity index (χ4n) is 1.46. The average molecular weight is 357 g/mol. The Morgan fingerprint density at radius 2 is 2.00 bits per heavy atom. The van der Waals surface area contributed by atoms with Gasteiger partial charge in [-0.15, -0.1) is 0 Å². The van der Waals surface area contributed by atoms with Gasteiger partial charge in [-0.2, -0.15) is 8.78 Å². The molecule has 0 spiro atoms. The largest absolute Gasteiger partial charge is 0.361 e. The lowest BCUT2D eigenvalue weighted by Crippen LogP contribution is -2.28. The van der Waals surface area contributed by atoms with Crippen LogP contribution in [0.1, 0.15) is 5.69 Å². The zero-order valence-corrected chi connectivity index (χ0v) is 12.6. The molecule has 0 bridgehead atoms. The summed E-state index contributed by atoms with van der Waals surface area (Å²) in [6.45, 7) is 1.33. The number of halogens is 3. The maximum atomic E-state index is 12.6. The van der Waals surface area contributed by atoms with Crippen molar-refractivity contribution in [3.8, 4) is 11.3 Å². The summed E-state index contributed by atoms with van der Waals surface area (Å²) < 4.78 is 25.2. The molecule has 0 aliphatic rings. The third-order valence-corrected chi connectivity index (χ3v) is 3.05. The topological polar surface area (TPSA) is 67.8 Å². The number of Topliss-reactive ketones (excluding diaryl/α,β-unsaturated/α-hetero) is 1. The van der Waals surface area contributed by atoms with Crippen LogP contribution < -0.4 is 5.32 Å². The Balaban J connectivity index is 2.02. The summed E-state index contributed by atoms with van der Waals surface area (Å²) in [5.41, 5.74) is 2.28. The van der Waals surface area contributed by atoms with E-state index in [1.54, 1.807) is 6.20 Å². The molecule has 0 radical (unpaired) electrons. The number of hydrogen-bond acceptors (Lipinski definition) is 5. The van der Waals surface area contributed by atoms with Crippen molar-refractivity contribution in [2.24, 2.45) is 0 Å². The summed E-state index contributed by atoms with van der Waals surface area (Å²) >= 11 is 2.00. The molecule has 21 heavy (non-hydrogen) atoms. The third kappa shape index (κ3) is 4.25. The summed E-state index contributed by atoms with van der Waals surface area (Å²) in [5, 5.41) is 2.49. The second kappa shape index (κ2) is 6.21. The van der Waals surface area contributed by atoms with Gasteiger partial charge in [0.25, 0.3) is 0 Å². The van der Waals surface area contributed by atoms with Crippen LogP contribution in [0.2, 0.25) is 0 Å². The number of hydrogen-bond donors (Lipinski definition) is 1. The van der Waals surface area contributed by atoms with Gasteiger partial charge >= 0.3 is 4.83 Å². The number of aromatic nitrogens is 3. The number of anilines is 1. The van der Waals surface area contributed by atoms with Crippen molar-refractivity contribution in [2.45, 2.75) is 11.8 Å². The van der Waals surface area contributed by atoms with E-state index in [9.17, 15) is 13.6 Å². The molecular weight excluding hydrogens is 346 g/mol. The first-order valence-electron chi connectivity index (χ1n) is 5.95. The molecular formula is C13H11BrF2N4O. The molecule has 0 aliphatic carbocycles. The number of nitrogens with zero attached hydrogens (tertiary/aromatic N) is 3. The first-order chi connectivity index (χ1) is 9.86. The number of carbonyl (C=O) groups is 1. The standard InChI is InChI=1S/C13H11BrF2N4O/c1-8-2-3-9(4-17-8)10-5-19-12(7-18-10)20-6-11(21)13(14,15)16/h2-5,7H,6H2,1H3,(H,19,20). The van der Waals surface area contributed by atoms with Gasteiger partial charge in [0, 0.05) is 17.5 Å². The van der Waals surface area contributed by atoms with E-state index in [0.29, 0.717) is 5.69 Å². The minimum atomic E-state index is -3.54. The summed E-state index contributed by atoms with van der Waals surface area (Å²) in [7, 11) is 0. The second-order valence-corrected chi connectivity index (χ2v) is 5.25. The normalized spacial score (nSPS) is 11.2. The van der Waals surface area contributed by atoms with Gasteiger partial charge < -0.3 is 5.32 Å². The quantitative estimate of drug-likeness (QED) is 0.834. The molecule has 2 rings (SSSR count). The predicted molar refractivity (Wildman–Crippen MR) is 77.4 cm³/mol. The molecule has 8 heteroatoms. The van der Waals surface area contributed by atoms with Crippen LogP contribution in [0.5, 0.6) is 0 Å². The van der Waals surface area contributed by atoms with E-state index in [0.717, 1.165) is 11.3 Å². The molecule has 2 heterocycles. The lowest BCUT2D eigenvalue weighted by atomic mass is 10.2. The molecule has 0 unspecified atom stereocenters. The summed E-state index contributed by atoms with van der Waals surface area (Å²) in [5.74, 6) is -1.04. The summed E-state index contributed by atoms with van der Waals surface area (Å²) in [6.07, 6.45) is 4.52. The van der Waals surface area contributed by atoms with Gasteiger partial charge in [0.2, 0.25) is 5.78 Å². The van der Waals surface area contributed by atoms with Gasteiger partial charge in [-0.25, -0.2) is 4.98 Å². The zero-order valence-electron chi connectivity index (χ0n) is 11.0. The van der Waals surface area contributed by atoms with Crippen molar-refractivity contribution in [3.63, 3.8) is 0 Å². The third-order valence-electron chi connectivity index (χ3n) is 2.61. The molecule has 0 atom stereocenters.